The number of carbonyl (C=O) groups is 1. The summed E-state index contributed by atoms with van der Waals surface area (Å²) in [5, 5.41) is 19.6. The number of aliphatic hydroxyl groups is 1. The lowest BCUT2D eigenvalue weighted by Gasteiger charge is -2.30. The van der Waals surface area contributed by atoms with Crippen LogP contribution in [-0.2, 0) is 25.6 Å². The van der Waals surface area contributed by atoms with E-state index in [4.69, 9.17) is 14.2 Å². The van der Waals surface area contributed by atoms with Gasteiger partial charge in [-0.2, -0.15) is 0 Å². The molecule has 3 rings (SSSR count). The van der Waals surface area contributed by atoms with Crippen molar-refractivity contribution < 1.29 is 29.2 Å². The molecule has 0 radical (unpaired) electrons. The maximum absolute atomic E-state index is 11.2. The van der Waals surface area contributed by atoms with Gasteiger partial charge in [0.1, 0.15) is 0 Å². The Labute approximate surface area is 154 Å². The number of hydrogen-bond donors (Lipinski definition) is 2. The van der Waals surface area contributed by atoms with Crippen molar-refractivity contribution in [2.24, 2.45) is 11.8 Å². The normalized spacial score (nSPS) is 31.8. The van der Waals surface area contributed by atoms with Gasteiger partial charge in [0, 0.05) is 24.9 Å². The summed E-state index contributed by atoms with van der Waals surface area (Å²) < 4.78 is 17.6. The molecule has 26 heavy (non-hydrogen) atoms. The molecule has 2 aliphatic rings. The van der Waals surface area contributed by atoms with Crippen LogP contribution in [0.15, 0.2) is 30.3 Å². The summed E-state index contributed by atoms with van der Waals surface area (Å²) in [6.07, 6.45) is 2.10. The summed E-state index contributed by atoms with van der Waals surface area (Å²) in [6.45, 7) is 1.51. The lowest BCUT2D eigenvalue weighted by atomic mass is 9.91. The topological polar surface area (TPSA) is 85.2 Å². The number of ether oxygens (including phenoxy) is 3. The highest BCUT2D eigenvalue weighted by Gasteiger charge is 2.45. The van der Waals surface area contributed by atoms with Gasteiger partial charge in [-0.05, 0) is 24.8 Å². The summed E-state index contributed by atoms with van der Waals surface area (Å²) in [7, 11) is 0. The zero-order chi connectivity index (χ0) is 18.4. The largest absolute Gasteiger partial charge is 0.481 e. The zero-order valence-electron chi connectivity index (χ0n) is 15.0. The molecule has 1 heterocycles. The summed E-state index contributed by atoms with van der Waals surface area (Å²) in [4.78, 5) is 11.2. The second kappa shape index (κ2) is 9.46. The number of rotatable bonds is 8. The van der Waals surface area contributed by atoms with Gasteiger partial charge in [-0.15, -0.1) is 0 Å². The van der Waals surface area contributed by atoms with Crippen molar-refractivity contribution in [3.05, 3.63) is 35.9 Å². The SMILES string of the molecule is O=C(O)CC1C(O)CC(OC2CCCCO2)C1COCc1ccccc1. The highest BCUT2D eigenvalue weighted by atomic mass is 16.7. The van der Waals surface area contributed by atoms with Crippen LogP contribution in [0.4, 0.5) is 0 Å². The Hall–Kier alpha value is -1.47. The van der Waals surface area contributed by atoms with Crippen molar-refractivity contribution in [3.8, 4) is 0 Å². The Morgan fingerprint density at radius 2 is 2.00 bits per heavy atom. The smallest absolute Gasteiger partial charge is 0.303 e. The van der Waals surface area contributed by atoms with Crippen LogP contribution in [0.2, 0.25) is 0 Å². The van der Waals surface area contributed by atoms with Gasteiger partial charge in [-0.1, -0.05) is 30.3 Å². The second-order valence-electron chi connectivity index (χ2n) is 7.20. The third kappa shape index (κ3) is 5.27. The minimum absolute atomic E-state index is 0.0775. The first-order valence-corrected chi connectivity index (χ1v) is 9.42. The first-order chi connectivity index (χ1) is 12.6. The molecule has 2 N–H and O–H groups in total. The standard InChI is InChI=1S/C20H28O6/c21-17-11-18(26-20-8-4-5-9-25-20)16(15(17)10-19(22)23)13-24-12-14-6-2-1-3-7-14/h1-3,6-7,15-18,20-21H,4-5,8-13H2,(H,22,23). The Kier molecular flexibility index (Phi) is 7.02. The number of hydrogen-bond acceptors (Lipinski definition) is 5. The highest BCUT2D eigenvalue weighted by Crippen LogP contribution is 2.38. The fourth-order valence-corrected chi connectivity index (χ4v) is 3.93. The predicted octanol–water partition coefficient (Wildman–Crippen LogP) is 2.59. The molecule has 1 aromatic rings. The molecule has 1 aliphatic carbocycles. The summed E-state index contributed by atoms with van der Waals surface area (Å²) >= 11 is 0. The van der Waals surface area contributed by atoms with E-state index in [0.29, 0.717) is 26.2 Å². The fourth-order valence-electron chi connectivity index (χ4n) is 3.93. The van der Waals surface area contributed by atoms with E-state index in [2.05, 4.69) is 0 Å². The van der Waals surface area contributed by atoms with Crippen LogP contribution in [0.3, 0.4) is 0 Å². The van der Waals surface area contributed by atoms with Crippen molar-refractivity contribution in [1.82, 2.24) is 0 Å². The van der Waals surface area contributed by atoms with Crippen molar-refractivity contribution in [1.29, 1.82) is 0 Å². The number of aliphatic hydroxyl groups excluding tert-OH is 1. The number of benzene rings is 1. The lowest BCUT2D eigenvalue weighted by molar-refractivity contribution is -0.199. The van der Waals surface area contributed by atoms with Crippen LogP contribution >= 0.6 is 0 Å². The van der Waals surface area contributed by atoms with Gasteiger partial charge in [0.05, 0.1) is 31.8 Å². The molecule has 1 saturated carbocycles. The van der Waals surface area contributed by atoms with E-state index < -0.39 is 12.1 Å². The van der Waals surface area contributed by atoms with Crippen LogP contribution in [0, 0.1) is 11.8 Å². The lowest BCUT2D eigenvalue weighted by Crippen LogP contribution is -2.34. The van der Waals surface area contributed by atoms with Crippen LogP contribution < -0.4 is 0 Å². The Balaban J connectivity index is 1.60. The molecule has 0 bridgehead atoms. The van der Waals surface area contributed by atoms with E-state index in [9.17, 15) is 15.0 Å². The highest BCUT2D eigenvalue weighted by molar-refractivity contribution is 5.67. The van der Waals surface area contributed by atoms with Crippen LogP contribution in [0.5, 0.6) is 0 Å². The first-order valence-electron chi connectivity index (χ1n) is 9.42. The third-order valence-electron chi connectivity index (χ3n) is 5.29. The monoisotopic (exact) mass is 364 g/mol. The van der Waals surface area contributed by atoms with Crippen LogP contribution in [-0.4, -0.2) is 47.9 Å². The number of carboxylic acids is 1. The van der Waals surface area contributed by atoms with Gasteiger partial charge in [0.2, 0.25) is 0 Å². The van der Waals surface area contributed by atoms with Crippen LogP contribution in [0.1, 0.15) is 37.7 Å². The molecule has 6 heteroatoms. The van der Waals surface area contributed by atoms with Gasteiger partial charge in [0.15, 0.2) is 6.29 Å². The predicted molar refractivity (Wildman–Crippen MR) is 94.4 cm³/mol. The zero-order valence-corrected chi connectivity index (χ0v) is 15.0. The van der Waals surface area contributed by atoms with E-state index in [1.54, 1.807) is 0 Å². The minimum atomic E-state index is -0.906. The average molecular weight is 364 g/mol. The van der Waals surface area contributed by atoms with Gasteiger partial charge in [-0.3, -0.25) is 4.79 Å². The Morgan fingerprint density at radius 3 is 2.69 bits per heavy atom. The molecule has 1 aliphatic heterocycles. The number of aliphatic carboxylic acids is 1. The maximum atomic E-state index is 11.2. The molecule has 1 saturated heterocycles. The van der Waals surface area contributed by atoms with Crippen molar-refractivity contribution in [3.63, 3.8) is 0 Å². The molecule has 5 unspecified atom stereocenters. The van der Waals surface area contributed by atoms with Gasteiger partial charge in [0.25, 0.3) is 0 Å². The summed E-state index contributed by atoms with van der Waals surface area (Å²) in [6, 6.07) is 9.84. The molecule has 0 aromatic heterocycles. The van der Waals surface area contributed by atoms with Crippen molar-refractivity contribution in [2.75, 3.05) is 13.2 Å². The third-order valence-corrected chi connectivity index (χ3v) is 5.29. The van der Waals surface area contributed by atoms with E-state index in [1.807, 2.05) is 30.3 Å². The first kappa shape index (κ1) is 19.3. The van der Waals surface area contributed by atoms with E-state index >= 15 is 0 Å². The molecule has 144 valence electrons. The van der Waals surface area contributed by atoms with Crippen molar-refractivity contribution >= 4 is 5.97 Å². The molecule has 6 nitrogen and oxygen atoms in total. The summed E-state index contributed by atoms with van der Waals surface area (Å²) in [5.74, 6) is -1.43. The molecule has 5 atom stereocenters. The van der Waals surface area contributed by atoms with Gasteiger partial charge in [-0.25, -0.2) is 0 Å². The van der Waals surface area contributed by atoms with E-state index in [-0.39, 0.29) is 30.7 Å². The summed E-state index contributed by atoms with van der Waals surface area (Å²) in [5.41, 5.74) is 1.06. The molecular weight excluding hydrogens is 336 g/mol. The number of carboxylic acid groups (broad SMARTS) is 1. The molecule has 2 fully saturated rings. The maximum Gasteiger partial charge on any atom is 0.303 e. The Morgan fingerprint density at radius 1 is 1.19 bits per heavy atom. The minimum Gasteiger partial charge on any atom is -0.481 e. The molecule has 0 spiro atoms. The quantitative estimate of drug-likeness (QED) is 0.737. The average Bonchev–Trinajstić information content (AvgIpc) is 2.91. The van der Waals surface area contributed by atoms with Crippen molar-refractivity contribution in [2.45, 2.75) is 57.2 Å². The van der Waals surface area contributed by atoms with Gasteiger partial charge < -0.3 is 24.4 Å². The molecule has 0 amide bonds. The second-order valence-corrected chi connectivity index (χ2v) is 7.20. The Bertz CT molecular complexity index is 557. The van der Waals surface area contributed by atoms with E-state index in [0.717, 1.165) is 24.8 Å². The van der Waals surface area contributed by atoms with E-state index in [1.165, 1.54) is 0 Å². The van der Waals surface area contributed by atoms with Gasteiger partial charge >= 0.3 is 5.97 Å². The molecule has 1 aromatic carbocycles. The fraction of sp³-hybridized carbons (Fsp3) is 0.650. The molecular formula is C20H28O6. The van der Waals surface area contributed by atoms with Crippen LogP contribution in [0.25, 0.3) is 0 Å².